The van der Waals surface area contributed by atoms with Crippen molar-refractivity contribution in [2.24, 2.45) is 0 Å². The van der Waals surface area contributed by atoms with Crippen molar-refractivity contribution < 1.29 is 4.39 Å². The third kappa shape index (κ3) is 3.38. The van der Waals surface area contributed by atoms with Crippen molar-refractivity contribution >= 4 is 33.4 Å². The second-order valence-electron chi connectivity index (χ2n) is 6.26. The number of hydrogen-bond donors (Lipinski definition) is 1. The minimum atomic E-state index is -0.268. The van der Waals surface area contributed by atoms with Gasteiger partial charge in [-0.05, 0) is 48.7 Å². The number of aromatic amines is 1. The Labute approximate surface area is 167 Å². The van der Waals surface area contributed by atoms with E-state index in [0.717, 1.165) is 16.7 Å². The van der Waals surface area contributed by atoms with Crippen LogP contribution >= 0.6 is 23.1 Å². The molecule has 4 aromatic rings. The van der Waals surface area contributed by atoms with E-state index in [9.17, 15) is 14.0 Å². The molecule has 0 saturated heterocycles. The molecule has 0 unspecified atom stereocenters. The molecule has 0 bridgehead atoms. The molecule has 0 spiro atoms. The van der Waals surface area contributed by atoms with Gasteiger partial charge in [0.2, 0.25) is 5.56 Å². The number of fused-ring (bicyclic) bond motifs is 1. The van der Waals surface area contributed by atoms with E-state index in [1.807, 2.05) is 13.8 Å². The minimum Gasteiger partial charge on any atom is -0.327 e. The molecule has 0 saturated carbocycles. The van der Waals surface area contributed by atoms with Crippen molar-refractivity contribution in [3.8, 4) is 5.69 Å². The van der Waals surface area contributed by atoms with Crippen molar-refractivity contribution in [2.75, 3.05) is 0 Å². The van der Waals surface area contributed by atoms with E-state index in [2.05, 4.69) is 15.0 Å². The van der Waals surface area contributed by atoms with Crippen LogP contribution in [0.15, 0.2) is 50.7 Å². The standard InChI is InChI=1S/C19H15FN4O2S2/c1-10-5-12(20)6-11(2)14(10)8-27-19-23-17-16(28-9-22-17)18(26)24(19)13-3-4-15(25)21-7-13/h3-7,9H,8H2,1-2H3,(H,21,25). The summed E-state index contributed by atoms with van der Waals surface area (Å²) in [6, 6.07) is 5.93. The number of thiazole rings is 1. The molecule has 0 radical (unpaired) electrons. The van der Waals surface area contributed by atoms with Crippen LogP contribution in [-0.4, -0.2) is 19.5 Å². The second-order valence-corrected chi connectivity index (χ2v) is 8.06. The van der Waals surface area contributed by atoms with Crippen LogP contribution in [0.3, 0.4) is 0 Å². The summed E-state index contributed by atoms with van der Waals surface area (Å²) in [5.41, 5.74) is 4.68. The number of pyridine rings is 1. The maximum absolute atomic E-state index is 13.6. The summed E-state index contributed by atoms with van der Waals surface area (Å²) in [7, 11) is 0. The zero-order valence-electron chi connectivity index (χ0n) is 15.0. The van der Waals surface area contributed by atoms with Gasteiger partial charge in [0, 0.05) is 18.0 Å². The molecule has 28 heavy (non-hydrogen) atoms. The van der Waals surface area contributed by atoms with Gasteiger partial charge in [0.25, 0.3) is 5.56 Å². The molecule has 3 heterocycles. The first-order valence-corrected chi connectivity index (χ1v) is 10.2. The van der Waals surface area contributed by atoms with Gasteiger partial charge in [-0.3, -0.25) is 14.2 Å². The molecule has 142 valence electrons. The minimum absolute atomic E-state index is 0.241. The Balaban J connectivity index is 1.82. The predicted octanol–water partition coefficient (Wildman–Crippen LogP) is 3.58. The molecular formula is C19H15FN4O2S2. The fourth-order valence-corrected chi connectivity index (χ4v) is 4.82. The Morgan fingerprint density at radius 3 is 2.64 bits per heavy atom. The molecule has 1 aromatic carbocycles. The van der Waals surface area contributed by atoms with Gasteiger partial charge in [0.15, 0.2) is 10.8 Å². The van der Waals surface area contributed by atoms with Gasteiger partial charge in [0.1, 0.15) is 10.5 Å². The average Bonchev–Trinajstić information content (AvgIpc) is 3.11. The smallest absolute Gasteiger partial charge is 0.278 e. The van der Waals surface area contributed by atoms with Gasteiger partial charge in [0.05, 0.1) is 11.2 Å². The Morgan fingerprint density at radius 1 is 1.21 bits per heavy atom. The summed E-state index contributed by atoms with van der Waals surface area (Å²) in [4.78, 5) is 35.7. The number of nitrogens with one attached hydrogen (secondary N) is 1. The first-order chi connectivity index (χ1) is 13.4. The van der Waals surface area contributed by atoms with E-state index in [0.29, 0.717) is 26.9 Å². The lowest BCUT2D eigenvalue weighted by Crippen LogP contribution is -2.22. The van der Waals surface area contributed by atoms with Gasteiger partial charge in [-0.1, -0.05) is 11.8 Å². The lowest BCUT2D eigenvalue weighted by Gasteiger charge is -2.13. The van der Waals surface area contributed by atoms with Crippen LogP contribution < -0.4 is 11.1 Å². The first kappa shape index (κ1) is 18.6. The number of rotatable bonds is 4. The summed E-state index contributed by atoms with van der Waals surface area (Å²) < 4.78 is 15.5. The number of nitrogens with zero attached hydrogens (tertiary/aromatic N) is 3. The molecule has 6 nitrogen and oxygen atoms in total. The number of thioether (sulfide) groups is 1. The summed E-state index contributed by atoms with van der Waals surface area (Å²) in [5.74, 6) is 0.250. The summed E-state index contributed by atoms with van der Waals surface area (Å²) in [6.45, 7) is 3.72. The third-order valence-electron chi connectivity index (χ3n) is 4.37. The Hall–Kier alpha value is -2.78. The molecule has 0 aliphatic rings. The summed E-state index contributed by atoms with van der Waals surface area (Å²) >= 11 is 2.59. The number of halogens is 1. The zero-order chi connectivity index (χ0) is 19.8. The first-order valence-electron chi connectivity index (χ1n) is 8.38. The molecule has 0 aliphatic carbocycles. The number of H-pyrrole nitrogens is 1. The highest BCUT2D eigenvalue weighted by atomic mass is 32.2. The van der Waals surface area contributed by atoms with Crippen LogP contribution in [0.25, 0.3) is 16.0 Å². The quantitative estimate of drug-likeness (QED) is 0.408. The summed E-state index contributed by atoms with van der Waals surface area (Å²) in [6.07, 6.45) is 1.48. The zero-order valence-corrected chi connectivity index (χ0v) is 16.7. The van der Waals surface area contributed by atoms with Crippen LogP contribution in [-0.2, 0) is 5.75 Å². The lowest BCUT2D eigenvalue weighted by atomic mass is 10.0. The number of hydrogen-bond acceptors (Lipinski definition) is 6. The molecule has 0 amide bonds. The molecule has 9 heteroatoms. The van der Waals surface area contributed by atoms with E-state index in [4.69, 9.17) is 0 Å². The van der Waals surface area contributed by atoms with Crippen LogP contribution in [0.5, 0.6) is 0 Å². The molecule has 0 aliphatic heterocycles. The number of aromatic nitrogens is 4. The number of benzene rings is 1. The van der Waals surface area contributed by atoms with E-state index in [1.54, 1.807) is 11.6 Å². The molecule has 4 rings (SSSR count). The largest absolute Gasteiger partial charge is 0.327 e. The van der Waals surface area contributed by atoms with E-state index >= 15 is 0 Å². The van der Waals surface area contributed by atoms with E-state index in [-0.39, 0.29) is 16.9 Å². The monoisotopic (exact) mass is 414 g/mol. The highest BCUT2D eigenvalue weighted by Crippen LogP contribution is 2.28. The highest BCUT2D eigenvalue weighted by molar-refractivity contribution is 7.98. The number of aryl methyl sites for hydroxylation is 2. The normalized spacial score (nSPS) is 11.2. The van der Waals surface area contributed by atoms with Gasteiger partial charge in [-0.15, -0.1) is 11.3 Å². The van der Waals surface area contributed by atoms with Crippen LogP contribution in [0.1, 0.15) is 16.7 Å². The maximum atomic E-state index is 13.6. The Morgan fingerprint density at radius 2 is 1.96 bits per heavy atom. The fraction of sp³-hybridized carbons (Fsp3) is 0.158. The highest BCUT2D eigenvalue weighted by Gasteiger charge is 2.16. The van der Waals surface area contributed by atoms with E-state index < -0.39 is 0 Å². The summed E-state index contributed by atoms with van der Waals surface area (Å²) in [5, 5.41) is 0.457. The van der Waals surface area contributed by atoms with Crippen molar-refractivity contribution in [1.29, 1.82) is 0 Å². The molecule has 0 atom stereocenters. The third-order valence-corrected chi connectivity index (χ3v) is 6.14. The van der Waals surface area contributed by atoms with Crippen LogP contribution in [0.2, 0.25) is 0 Å². The topological polar surface area (TPSA) is 80.6 Å². The van der Waals surface area contributed by atoms with E-state index in [1.165, 1.54) is 52.1 Å². The van der Waals surface area contributed by atoms with Crippen molar-refractivity contribution in [3.63, 3.8) is 0 Å². The van der Waals surface area contributed by atoms with Crippen molar-refractivity contribution in [2.45, 2.75) is 24.8 Å². The van der Waals surface area contributed by atoms with Gasteiger partial charge in [-0.2, -0.15) is 0 Å². The van der Waals surface area contributed by atoms with Gasteiger partial charge >= 0.3 is 0 Å². The SMILES string of the molecule is Cc1cc(F)cc(C)c1CSc1nc2ncsc2c(=O)n1-c1ccc(=O)[nH]c1. The Bertz CT molecular complexity index is 1270. The van der Waals surface area contributed by atoms with Crippen LogP contribution in [0, 0.1) is 19.7 Å². The van der Waals surface area contributed by atoms with Crippen molar-refractivity contribution in [1.82, 2.24) is 19.5 Å². The molecule has 0 fully saturated rings. The van der Waals surface area contributed by atoms with Crippen LogP contribution in [0.4, 0.5) is 4.39 Å². The average molecular weight is 414 g/mol. The fourth-order valence-electron chi connectivity index (χ4n) is 2.97. The Kier molecular flexibility index (Phi) is 4.86. The molecule has 1 N–H and O–H groups in total. The molecular weight excluding hydrogens is 399 g/mol. The lowest BCUT2D eigenvalue weighted by molar-refractivity contribution is 0.624. The second kappa shape index (κ2) is 7.33. The van der Waals surface area contributed by atoms with Gasteiger partial charge in [-0.25, -0.2) is 14.4 Å². The molecule has 3 aromatic heterocycles. The maximum Gasteiger partial charge on any atom is 0.278 e. The predicted molar refractivity (Wildman–Crippen MR) is 109 cm³/mol. The van der Waals surface area contributed by atoms with Crippen molar-refractivity contribution in [3.05, 3.63) is 79.2 Å². The van der Waals surface area contributed by atoms with Gasteiger partial charge < -0.3 is 4.98 Å².